The van der Waals surface area contributed by atoms with Crippen molar-refractivity contribution in [3.05, 3.63) is 23.4 Å². The van der Waals surface area contributed by atoms with Gasteiger partial charge in [0.2, 0.25) is 0 Å². The Balaban J connectivity index is 2.69. The number of aliphatic hydroxyl groups excluding tert-OH is 1. The first-order valence-electron chi connectivity index (χ1n) is 4.71. The predicted molar refractivity (Wildman–Crippen MR) is 54.3 cm³/mol. The fourth-order valence-electron chi connectivity index (χ4n) is 1.58. The lowest BCUT2D eigenvalue weighted by Crippen LogP contribution is -2.15. The van der Waals surface area contributed by atoms with Crippen molar-refractivity contribution in [3.63, 3.8) is 0 Å². The molecule has 6 heteroatoms. The molecule has 0 fully saturated rings. The molecule has 2 aromatic rings. The van der Waals surface area contributed by atoms with Gasteiger partial charge in [-0.3, -0.25) is 4.40 Å². The Bertz CT molecular complexity index is 492. The molecule has 0 saturated carbocycles. The van der Waals surface area contributed by atoms with Crippen molar-refractivity contribution in [1.82, 2.24) is 19.6 Å². The number of hydrogen-bond donors (Lipinski definition) is 2. The van der Waals surface area contributed by atoms with Crippen molar-refractivity contribution in [2.24, 2.45) is 5.73 Å². The molecule has 2 aromatic heterocycles. The SMILES string of the molecule is Cc1cc2nnc(C(O)CN)n2c(C)n1. The normalized spacial score (nSPS) is 13.3. The summed E-state index contributed by atoms with van der Waals surface area (Å²) in [6.07, 6.45) is -0.803. The molecule has 80 valence electrons. The summed E-state index contributed by atoms with van der Waals surface area (Å²) in [5, 5.41) is 17.5. The molecule has 15 heavy (non-hydrogen) atoms. The fraction of sp³-hybridized carbons (Fsp3) is 0.444. The van der Waals surface area contributed by atoms with E-state index in [0.29, 0.717) is 11.5 Å². The predicted octanol–water partition coefficient (Wildman–Crippen LogP) is -0.267. The van der Waals surface area contributed by atoms with Crippen molar-refractivity contribution >= 4 is 5.65 Å². The number of fused-ring (bicyclic) bond motifs is 1. The maximum absolute atomic E-state index is 9.63. The van der Waals surface area contributed by atoms with E-state index in [-0.39, 0.29) is 6.54 Å². The van der Waals surface area contributed by atoms with Crippen LogP contribution in [-0.2, 0) is 0 Å². The van der Waals surface area contributed by atoms with E-state index in [4.69, 9.17) is 5.73 Å². The maximum atomic E-state index is 9.63. The molecule has 2 heterocycles. The molecule has 0 bridgehead atoms. The highest BCUT2D eigenvalue weighted by molar-refractivity contribution is 5.40. The number of nitrogens with two attached hydrogens (primary N) is 1. The summed E-state index contributed by atoms with van der Waals surface area (Å²) in [6.45, 7) is 3.85. The van der Waals surface area contributed by atoms with Gasteiger partial charge in [-0.2, -0.15) is 0 Å². The highest BCUT2D eigenvalue weighted by Crippen LogP contribution is 2.13. The number of nitrogens with zero attached hydrogens (tertiary/aromatic N) is 4. The molecule has 0 aliphatic heterocycles. The van der Waals surface area contributed by atoms with Crippen LogP contribution in [0.15, 0.2) is 6.07 Å². The maximum Gasteiger partial charge on any atom is 0.169 e. The van der Waals surface area contributed by atoms with E-state index in [9.17, 15) is 5.11 Å². The fourth-order valence-corrected chi connectivity index (χ4v) is 1.58. The van der Waals surface area contributed by atoms with Crippen molar-refractivity contribution in [1.29, 1.82) is 0 Å². The minimum absolute atomic E-state index is 0.119. The van der Waals surface area contributed by atoms with Crippen LogP contribution in [-0.4, -0.2) is 31.2 Å². The van der Waals surface area contributed by atoms with E-state index in [1.165, 1.54) is 0 Å². The standard InChI is InChI=1S/C9H13N5O/c1-5-3-8-12-13-9(7(15)4-10)14(8)6(2)11-5/h3,7,15H,4,10H2,1-2H3. The van der Waals surface area contributed by atoms with E-state index in [1.807, 2.05) is 19.9 Å². The van der Waals surface area contributed by atoms with Crippen LogP contribution in [0.5, 0.6) is 0 Å². The number of aromatic nitrogens is 4. The monoisotopic (exact) mass is 207 g/mol. The molecule has 0 aliphatic rings. The van der Waals surface area contributed by atoms with Gasteiger partial charge in [0.15, 0.2) is 11.5 Å². The Morgan fingerprint density at radius 2 is 2.20 bits per heavy atom. The molecule has 0 spiro atoms. The lowest BCUT2D eigenvalue weighted by molar-refractivity contribution is 0.175. The van der Waals surface area contributed by atoms with E-state index in [0.717, 1.165) is 11.5 Å². The van der Waals surface area contributed by atoms with Crippen molar-refractivity contribution in [2.45, 2.75) is 20.0 Å². The molecule has 0 aromatic carbocycles. The van der Waals surface area contributed by atoms with Gasteiger partial charge in [-0.1, -0.05) is 0 Å². The van der Waals surface area contributed by atoms with Gasteiger partial charge in [-0.05, 0) is 13.8 Å². The summed E-state index contributed by atoms with van der Waals surface area (Å²) in [4.78, 5) is 4.28. The van der Waals surface area contributed by atoms with Crippen molar-refractivity contribution in [3.8, 4) is 0 Å². The Morgan fingerprint density at radius 1 is 1.47 bits per heavy atom. The second kappa shape index (κ2) is 3.56. The molecule has 1 unspecified atom stereocenters. The third-order valence-electron chi connectivity index (χ3n) is 2.23. The Hall–Kier alpha value is -1.53. The minimum Gasteiger partial charge on any atom is -0.384 e. The number of rotatable bonds is 2. The van der Waals surface area contributed by atoms with Gasteiger partial charge < -0.3 is 10.8 Å². The van der Waals surface area contributed by atoms with Crippen LogP contribution in [0.1, 0.15) is 23.4 Å². The third-order valence-corrected chi connectivity index (χ3v) is 2.23. The van der Waals surface area contributed by atoms with Crippen LogP contribution in [0.2, 0.25) is 0 Å². The second-order valence-corrected chi connectivity index (χ2v) is 3.45. The Kier molecular flexibility index (Phi) is 2.37. The average molecular weight is 207 g/mol. The number of aryl methyl sites for hydroxylation is 2. The Morgan fingerprint density at radius 3 is 2.87 bits per heavy atom. The zero-order valence-corrected chi connectivity index (χ0v) is 8.68. The van der Waals surface area contributed by atoms with Crippen molar-refractivity contribution < 1.29 is 5.11 Å². The molecule has 2 rings (SSSR count). The first-order chi connectivity index (χ1) is 7.13. The molecule has 0 amide bonds. The topological polar surface area (TPSA) is 89.3 Å². The van der Waals surface area contributed by atoms with Crippen LogP contribution in [0, 0.1) is 13.8 Å². The summed E-state index contributed by atoms with van der Waals surface area (Å²) in [5.41, 5.74) is 6.94. The van der Waals surface area contributed by atoms with E-state index >= 15 is 0 Å². The van der Waals surface area contributed by atoms with Crippen LogP contribution >= 0.6 is 0 Å². The first kappa shape index (κ1) is 10.0. The van der Waals surface area contributed by atoms with E-state index in [2.05, 4.69) is 15.2 Å². The average Bonchev–Trinajstić information content (AvgIpc) is 2.60. The van der Waals surface area contributed by atoms with E-state index < -0.39 is 6.10 Å². The molecule has 0 radical (unpaired) electrons. The molecular weight excluding hydrogens is 194 g/mol. The van der Waals surface area contributed by atoms with Gasteiger partial charge >= 0.3 is 0 Å². The summed E-state index contributed by atoms with van der Waals surface area (Å²) in [7, 11) is 0. The molecule has 1 atom stereocenters. The largest absolute Gasteiger partial charge is 0.384 e. The summed E-state index contributed by atoms with van der Waals surface area (Å²) in [5.74, 6) is 1.19. The summed E-state index contributed by atoms with van der Waals surface area (Å²) < 4.78 is 1.71. The summed E-state index contributed by atoms with van der Waals surface area (Å²) >= 11 is 0. The van der Waals surface area contributed by atoms with Crippen molar-refractivity contribution in [2.75, 3.05) is 6.54 Å². The van der Waals surface area contributed by atoms with Crippen LogP contribution in [0.25, 0.3) is 5.65 Å². The quantitative estimate of drug-likeness (QED) is 0.707. The van der Waals surface area contributed by atoms with Gasteiger partial charge in [-0.15, -0.1) is 10.2 Å². The van der Waals surface area contributed by atoms with Crippen LogP contribution in [0.3, 0.4) is 0 Å². The lowest BCUT2D eigenvalue weighted by atomic mass is 10.3. The highest BCUT2D eigenvalue weighted by Gasteiger charge is 2.15. The van der Waals surface area contributed by atoms with Gasteiger partial charge in [0.25, 0.3) is 0 Å². The summed E-state index contributed by atoms with van der Waals surface area (Å²) in [6, 6.07) is 1.81. The zero-order valence-electron chi connectivity index (χ0n) is 8.68. The molecule has 0 aliphatic carbocycles. The smallest absolute Gasteiger partial charge is 0.169 e. The molecule has 0 saturated heterocycles. The van der Waals surface area contributed by atoms with Crippen LogP contribution < -0.4 is 5.73 Å². The molecular formula is C9H13N5O. The second-order valence-electron chi connectivity index (χ2n) is 3.45. The minimum atomic E-state index is -0.803. The van der Waals surface area contributed by atoms with Gasteiger partial charge in [-0.25, -0.2) is 4.98 Å². The van der Waals surface area contributed by atoms with Crippen LogP contribution in [0.4, 0.5) is 0 Å². The van der Waals surface area contributed by atoms with Gasteiger partial charge in [0.05, 0.1) is 0 Å². The third kappa shape index (κ3) is 1.57. The van der Waals surface area contributed by atoms with E-state index in [1.54, 1.807) is 4.40 Å². The lowest BCUT2D eigenvalue weighted by Gasteiger charge is -2.07. The van der Waals surface area contributed by atoms with Gasteiger partial charge in [0.1, 0.15) is 11.9 Å². The zero-order chi connectivity index (χ0) is 11.0. The molecule has 3 N–H and O–H groups in total. The molecule has 6 nitrogen and oxygen atoms in total. The first-order valence-corrected chi connectivity index (χ1v) is 4.71. The Labute approximate surface area is 86.8 Å². The highest BCUT2D eigenvalue weighted by atomic mass is 16.3. The van der Waals surface area contributed by atoms with Gasteiger partial charge in [0, 0.05) is 18.3 Å². The number of hydrogen-bond acceptors (Lipinski definition) is 5. The number of aliphatic hydroxyl groups is 1.